The van der Waals surface area contributed by atoms with Crippen LogP contribution in [-0.2, 0) is 4.79 Å². The Morgan fingerprint density at radius 1 is 1.67 bits per heavy atom. The van der Waals surface area contributed by atoms with Crippen LogP contribution >= 0.6 is 0 Å². The molecule has 70 valence electrons. The fraction of sp³-hybridized carbons (Fsp3) is 0.714. The molecule has 0 fully saturated rings. The Bertz CT molecular complexity index is 157. The predicted octanol–water partition coefficient (Wildman–Crippen LogP) is -0.486. The topological polar surface area (TPSA) is 64.9 Å². The van der Waals surface area contributed by atoms with E-state index in [4.69, 9.17) is 5.21 Å². The number of carbonyl (C=O) groups excluding carboxylic acids is 1. The maximum Gasteiger partial charge on any atom is 0.265 e. The van der Waals surface area contributed by atoms with E-state index >= 15 is 0 Å². The molecule has 0 aliphatic heterocycles. The van der Waals surface area contributed by atoms with Gasteiger partial charge in [0.25, 0.3) is 5.91 Å². The van der Waals surface area contributed by atoms with Gasteiger partial charge in [-0.2, -0.15) is 0 Å². The van der Waals surface area contributed by atoms with Crippen LogP contribution < -0.4 is 5.32 Å². The molecule has 0 aromatic rings. The fourth-order valence-corrected chi connectivity index (χ4v) is 0.705. The summed E-state index contributed by atoms with van der Waals surface area (Å²) in [5, 5.41) is 13.1. The van der Waals surface area contributed by atoms with Crippen LogP contribution in [0.5, 0.6) is 0 Å². The summed E-state index contributed by atoms with van der Waals surface area (Å²) in [5.41, 5.74) is 0. The highest BCUT2D eigenvalue weighted by atomic mass is 16.4. The molecule has 0 bridgehead atoms. The summed E-state index contributed by atoms with van der Waals surface area (Å²) < 4.78 is 0. The van der Waals surface area contributed by atoms with Crippen molar-refractivity contribution in [1.29, 1.82) is 0 Å². The van der Waals surface area contributed by atoms with Gasteiger partial charge in [0.2, 0.25) is 0 Å². The maximum atomic E-state index is 10.7. The Labute approximate surface area is 72.0 Å². The van der Waals surface area contributed by atoms with Crippen LogP contribution in [0.25, 0.3) is 0 Å². The van der Waals surface area contributed by atoms with E-state index in [0.29, 0.717) is 6.54 Å². The van der Waals surface area contributed by atoms with Crippen LogP contribution in [0, 0.1) is 0 Å². The molecule has 0 rings (SSSR count). The molecule has 0 aliphatic carbocycles. The predicted molar refractivity (Wildman–Crippen MR) is 46.5 cm³/mol. The largest absolute Gasteiger partial charge is 0.411 e. The van der Waals surface area contributed by atoms with Crippen molar-refractivity contribution in [2.24, 2.45) is 5.16 Å². The highest BCUT2D eigenvalue weighted by Crippen LogP contribution is 1.79. The summed E-state index contributed by atoms with van der Waals surface area (Å²) in [6, 6.07) is 0. The molecule has 0 atom stereocenters. The molecule has 1 amide bonds. The van der Waals surface area contributed by atoms with Crippen molar-refractivity contribution in [2.75, 3.05) is 27.2 Å². The van der Waals surface area contributed by atoms with E-state index in [1.54, 1.807) is 0 Å². The molecular formula is C7H15N3O2. The van der Waals surface area contributed by atoms with Crippen molar-refractivity contribution in [2.45, 2.75) is 6.42 Å². The summed E-state index contributed by atoms with van der Waals surface area (Å²) in [6.45, 7) is 1.53. The minimum atomic E-state index is -0.365. The van der Waals surface area contributed by atoms with E-state index in [0.717, 1.165) is 19.2 Å². The van der Waals surface area contributed by atoms with E-state index in [2.05, 4.69) is 10.5 Å². The Kier molecular flexibility index (Phi) is 6.00. The molecule has 12 heavy (non-hydrogen) atoms. The second kappa shape index (κ2) is 6.60. The molecule has 2 N–H and O–H groups in total. The van der Waals surface area contributed by atoms with Crippen molar-refractivity contribution in [1.82, 2.24) is 10.2 Å². The lowest BCUT2D eigenvalue weighted by Crippen LogP contribution is -2.27. The lowest BCUT2D eigenvalue weighted by atomic mass is 10.4. The van der Waals surface area contributed by atoms with Crippen molar-refractivity contribution < 1.29 is 10.0 Å². The van der Waals surface area contributed by atoms with Crippen molar-refractivity contribution in [3.63, 3.8) is 0 Å². The molecule has 0 aromatic heterocycles. The van der Waals surface area contributed by atoms with E-state index in [1.807, 2.05) is 19.0 Å². The first-order valence-electron chi connectivity index (χ1n) is 3.77. The van der Waals surface area contributed by atoms with Gasteiger partial charge in [-0.3, -0.25) is 4.79 Å². The van der Waals surface area contributed by atoms with E-state index in [9.17, 15) is 4.79 Å². The average Bonchev–Trinajstić information content (AvgIpc) is 1.98. The zero-order valence-electron chi connectivity index (χ0n) is 7.45. The average molecular weight is 173 g/mol. The van der Waals surface area contributed by atoms with Gasteiger partial charge in [0, 0.05) is 6.54 Å². The minimum Gasteiger partial charge on any atom is -0.411 e. The second-order valence-electron chi connectivity index (χ2n) is 2.69. The molecule has 0 aliphatic rings. The normalized spacial score (nSPS) is 10.9. The van der Waals surface area contributed by atoms with Gasteiger partial charge in [0.05, 0.1) is 0 Å². The number of carbonyl (C=O) groups is 1. The van der Waals surface area contributed by atoms with Gasteiger partial charge in [0.15, 0.2) is 0 Å². The van der Waals surface area contributed by atoms with E-state index in [-0.39, 0.29) is 5.91 Å². The molecule has 5 heteroatoms. The number of nitrogens with one attached hydrogen (secondary N) is 1. The first kappa shape index (κ1) is 10.9. The Morgan fingerprint density at radius 3 is 2.83 bits per heavy atom. The minimum absolute atomic E-state index is 0.365. The molecule has 0 unspecified atom stereocenters. The van der Waals surface area contributed by atoms with Gasteiger partial charge in [-0.1, -0.05) is 5.16 Å². The summed E-state index contributed by atoms with van der Waals surface area (Å²) in [7, 11) is 3.94. The van der Waals surface area contributed by atoms with Gasteiger partial charge in [0.1, 0.15) is 6.21 Å². The van der Waals surface area contributed by atoms with Gasteiger partial charge in [-0.05, 0) is 27.1 Å². The Hall–Kier alpha value is -1.10. The molecule has 0 saturated heterocycles. The SMILES string of the molecule is CN(C)CCCNC(=O)/C=N/O. The zero-order valence-corrected chi connectivity index (χ0v) is 7.45. The molecule has 0 saturated carbocycles. The highest BCUT2D eigenvalue weighted by molar-refractivity contribution is 6.25. The molecule has 0 heterocycles. The quantitative estimate of drug-likeness (QED) is 0.255. The van der Waals surface area contributed by atoms with Crippen LogP contribution in [0.15, 0.2) is 5.16 Å². The van der Waals surface area contributed by atoms with Crippen molar-refractivity contribution >= 4 is 12.1 Å². The maximum absolute atomic E-state index is 10.7. The van der Waals surface area contributed by atoms with Crippen LogP contribution in [-0.4, -0.2) is 49.4 Å². The van der Waals surface area contributed by atoms with Crippen LogP contribution in [0.1, 0.15) is 6.42 Å². The van der Waals surface area contributed by atoms with Gasteiger partial charge < -0.3 is 15.4 Å². The van der Waals surface area contributed by atoms with E-state index in [1.165, 1.54) is 0 Å². The Morgan fingerprint density at radius 2 is 2.33 bits per heavy atom. The summed E-state index contributed by atoms with van der Waals surface area (Å²) in [5.74, 6) is -0.365. The number of rotatable bonds is 5. The standard InChI is InChI=1S/C7H15N3O2/c1-10(2)5-3-4-8-7(11)6-9-12/h6,12H,3-5H2,1-2H3,(H,8,11)/b9-6+. The number of nitrogens with zero attached hydrogens (tertiary/aromatic N) is 2. The van der Waals surface area contributed by atoms with Gasteiger partial charge in [-0.15, -0.1) is 0 Å². The summed E-state index contributed by atoms with van der Waals surface area (Å²) >= 11 is 0. The third-order valence-electron chi connectivity index (χ3n) is 1.26. The van der Waals surface area contributed by atoms with E-state index < -0.39 is 0 Å². The number of amides is 1. The van der Waals surface area contributed by atoms with Crippen molar-refractivity contribution in [3.05, 3.63) is 0 Å². The first-order chi connectivity index (χ1) is 5.66. The number of hydrogen-bond donors (Lipinski definition) is 2. The fourth-order valence-electron chi connectivity index (χ4n) is 0.705. The van der Waals surface area contributed by atoms with Crippen molar-refractivity contribution in [3.8, 4) is 0 Å². The molecule has 5 nitrogen and oxygen atoms in total. The molecule has 0 radical (unpaired) electrons. The third-order valence-corrected chi connectivity index (χ3v) is 1.26. The lowest BCUT2D eigenvalue weighted by molar-refractivity contribution is -0.114. The zero-order chi connectivity index (χ0) is 9.40. The van der Waals surface area contributed by atoms with Crippen LogP contribution in [0.2, 0.25) is 0 Å². The van der Waals surface area contributed by atoms with Gasteiger partial charge in [-0.25, -0.2) is 0 Å². The molecule has 0 aromatic carbocycles. The number of hydrogen-bond acceptors (Lipinski definition) is 4. The molecular weight excluding hydrogens is 158 g/mol. The lowest BCUT2D eigenvalue weighted by Gasteiger charge is -2.08. The summed E-state index contributed by atoms with van der Waals surface area (Å²) in [4.78, 5) is 12.7. The van der Waals surface area contributed by atoms with Crippen LogP contribution in [0.3, 0.4) is 0 Å². The smallest absolute Gasteiger partial charge is 0.265 e. The second-order valence-corrected chi connectivity index (χ2v) is 2.69. The monoisotopic (exact) mass is 173 g/mol. The molecule has 0 spiro atoms. The summed E-state index contributed by atoms with van der Waals surface area (Å²) in [6.07, 6.45) is 1.73. The van der Waals surface area contributed by atoms with Gasteiger partial charge >= 0.3 is 0 Å². The first-order valence-corrected chi connectivity index (χ1v) is 3.77. The number of oxime groups is 1. The van der Waals surface area contributed by atoms with Crippen LogP contribution in [0.4, 0.5) is 0 Å². The highest BCUT2D eigenvalue weighted by Gasteiger charge is 1.95. The third kappa shape index (κ3) is 7.01. The Balaban J connectivity index is 3.25.